The quantitative estimate of drug-likeness (QED) is 0.726. The highest BCUT2D eigenvalue weighted by Crippen LogP contribution is 2.20. The Hall–Kier alpha value is -1.53. The van der Waals surface area contributed by atoms with E-state index in [-0.39, 0.29) is 0 Å². The minimum absolute atomic E-state index is 0.556. The summed E-state index contributed by atoms with van der Waals surface area (Å²) >= 11 is 0. The van der Waals surface area contributed by atoms with Crippen LogP contribution in [0.15, 0.2) is 18.2 Å². The van der Waals surface area contributed by atoms with Gasteiger partial charge >= 0.3 is 0 Å². The molecule has 17 heavy (non-hydrogen) atoms. The van der Waals surface area contributed by atoms with Crippen LogP contribution in [0.5, 0.6) is 0 Å². The minimum atomic E-state index is 0.556. The Kier molecular flexibility index (Phi) is 3.65. The molecule has 0 atom stereocenters. The second-order valence-corrected chi connectivity index (χ2v) is 4.69. The van der Waals surface area contributed by atoms with Gasteiger partial charge in [0, 0.05) is 31.9 Å². The highest BCUT2D eigenvalue weighted by Gasteiger charge is 2.16. The summed E-state index contributed by atoms with van der Waals surface area (Å²) in [4.78, 5) is 4.61. The average molecular weight is 229 g/mol. The molecule has 0 radical (unpaired) electrons. The topological polar surface area (TPSA) is 30.3 Å². The molecule has 1 saturated heterocycles. The van der Waals surface area contributed by atoms with Crippen molar-refractivity contribution in [2.24, 2.45) is 0 Å². The highest BCUT2D eigenvalue weighted by atomic mass is 15.3. The normalized spacial score (nSPS) is 16.9. The molecule has 0 aliphatic carbocycles. The zero-order valence-corrected chi connectivity index (χ0v) is 10.6. The smallest absolute Gasteiger partial charge is 0.0867 e. The van der Waals surface area contributed by atoms with E-state index in [2.05, 4.69) is 47.9 Å². The monoisotopic (exact) mass is 229 g/mol. The molecule has 90 valence electrons. The van der Waals surface area contributed by atoms with E-state index in [0.717, 1.165) is 26.2 Å². The molecule has 0 N–H and O–H groups in total. The second-order valence-electron chi connectivity index (χ2n) is 4.69. The van der Waals surface area contributed by atoms with E-state index in [1.54, 1.807) is 0 Å². The van der Waals surface area contributed by atoms with Crippen molar-refractivity contribution >= 4 is 5.69 Å². The van der Waals surface area contributed by atoms with Crippen LogP contribution in [0.2, 0.25) is 0 Å². The van der Waals surface area contributed by atoms with E-state index in [1.165, 1.54) is 16.8 Å². The van der Waals surface area contributed by atoms with Gasteiger partial charge in [0.25, 0.3) is 0 Å². The SMILES string of the molecule is Cc1ccc(N2CCN(CC#N)CC2)cc1C. The number of hydrogen-bond donors (Lipinski definition) is 0. The zero-order chi connectivity index (χ0) is 12.3. The lowest BCUT2D eigenvalue weighted by atomic mass is 10.1. The third-order valence-electron chi connectivity index (χ3n) is 3.52. The summed E-state index contributed by atoms with van der Waals surface area (Å²) in [6, 6.07) is 8.86. The van der Waals surface area contributed by atoms with Crippen molar-refractivity contribution in [1.82, 2.24) is 4.90 Å². The predicted octanol–water partition coefficient (Wildman–Crippen LogP) is 1.95. The van der Waals surface area contributed by atoms with E-state index in [1.807, 2.05) is 0 Å². The van der Waals surface area contributed by atoms with Gasteiger partial charge in [-0.05, 0) is 37.1 Å². The molecule has 0 spiro atoms. The number of aryl methyl sites for hydroxylation is 2. The van der Waals surface area contributed by atoms with Gasteiger partial charge < -0.3 is 4.90 Å². The Morgan fingerprint density at radius 3 is 2.41 bits per heavy atom. The van der Waals surface area contributed by atoms with E-state index in [9.17, 15) is 0 Å². The summed E-state index contributed by atoms with van der Waals surface area (Å²) in [5.41, 5.74) is 4.00. The van der Waals surface area contributed by atoms with Gasteiger partial charge in [-0.25, -0.2) is 0 Å². The van der Waals surface area contributed by atoms with E-state index < -0.39 is 0 Å². The van der Waals surface area contributed by atoms with Crippen LogP contribution in [0, 0.1) is 25.2 Å². The maximum Gasteiger partial charge on any atom is 0.0867 e. The number of piperazine rings is 1. The van der Waals surface area contributed by atoms with Crippen LogP contribution in [0.1, 0.15) is 11.1 Å². The average Bonchev–Trinajstić information content (AvgIpc) is 2.34. The number of anilines is 1. The molecule has 0 saturated carbocycles. The van der Waals surface area contributed by atoms with Crippen molar-refractivity contribution < 1.29 is 0 Å². The highest BCUT2D eigenvalue weighted by molar-refractivity contribution is 5.51. The fourth-order valence-electron chi connectivity index (χ4n) is 2.19. The van der Waals surface area contributed by atoms with Gasteiger partial charge in [0.1, 0.15) is 0 Å². The first kappa shape index (κ1) is 11.9. The molecule has 1 aromatic carbocycles. The third-order valence-corrected chi connectivity index (χ3v) is 3.52. The fraction of sp³-hybridized carbons (Fsp3) is 0.500. The molecule has 1 aliphatic rings. The molecule has 2 rings (SSSR count). The summed E-state index contributed by atoms with van der Waals surface area (Å²) in [7, 11) is 0. The molecule has 3 heteroatoms. The number of nitrogens with zero attached hydrogens (tertiary/aromatic N) is 3. The van der Waals surface area contributed by atoms with Crippen LogP contribution in [0.25, 0.3) is 0 Å². The van der Waals surface area contributed by atoms with Crippen molar-refractivity contribution in [2.45, 2.75) is 13.8 Å². The van der Waals surface area contributed by atoms with Gasteiger partial charge in [0.15, 0.2) is 0 Å². The second kappa shape index (κ2) is 5.20. The molecule has 0 amide bonds. The van der Waals surface area contributed by atoms with E-state index in [0.29, 0.717) is 6.54 Å². The lowest BCUT2D eigenvalue weighted by Gasteiger charge is -2.35. The number of hydrogen-bond acceptors (Lipinski definition) is 3. The molecular formula is C14H19N3. The Balaban J connectivity index is 2.01. The Bertz CT molecular complexity index is 426. The standard InChI is InChI=1S/C14H19N3/c1-12-3-4-14(11-13(12)2)17-9-7-16(6-5-15)8-10-17/h3-4,11H,6-10H2,1-2H3. The molecular weight excluding hydrogens is 210 g/mol. The largest absolute Gasteiger partial charge is 0.369 e. The van der Waals surface area contributed by atoms with Crippen LogP contribution in [-0.2, 0) is 0 Å². The van der Waals surface area contributed by atoms with Gasteiger partial charge in [-0.1, -0.05) is 6.07 Å². The van der Waals surface area contributed by atoms with Gasteiger partial charge in [-0.15, -0.1) is 0 Å². The van der Waals surface area contributed by atoms with E-state index in [4.69, 9.17) is 5.26 Å². The van der Waals surface area contributed by atoms with Crippen molar-refractivity contribution in [3.8, 4) is 6.07 Å². The van der Waals surface area contributed by atoms with Gasteiger partial charge in [0.05, 0.1) is 12.6 Å². The third kappa shape index (κ3) is 2.78. The molecule has 3 nitrogen and oxygen atoms in total. The Morgan fingerprint density at radius 2 is 1.82 bits per heavy atom. The zero-order valence-electron chi connectivity index (χ0n) is 10.6. The van der Waals surface area contributed by atoms with Crippen molar-refractivity contribution in [2.75, 3.05) is 37.6 Å². The lowest BCUT2D eigenvalue weighted by molar-refractivity contribution is 0.287. The van der Waals surface area contributed by atoms with Crippen LogP contribution < -0.4 is 4.90 Å². The Labute approximate surface area is 103 Å². The van der Waals surface area contributed by atoms with Gasteiger partial charge in [0.2, 0.25) is 0 Å². The van der Waals surface area contributed by atoms with Crippen LogP contribution in [0.4, 0.5) is 5.69 Å². The summed E-state index contributed by atoms with van der Waals surface area (Å²) in [6.45, 7) is 8.87. The molecule has 0 aromatic heterocycles. The van der Waals surface area contributed by atoms with Gasteiger partial charge in [-0.3, -0.25) is 4.90 Å². The first-order valence-electron chi connectivity index (χ1n) is 6.12. The molecule has 0 bridgehead atoms. The number of benzene rings is 1. The fourth-order valence-corrected chi connectivity index (χ4v) is 2.19. The lowest BCUT2D eigenvalue weighted by Crippen LogP contribution is -2.46. The Morgan fingerprint density at radius 1 is 1.12 bits per heavy atom. The van der Waals surface area contributed by atoms with Crippen LogP contribution in [0.3, 0.4) is 0 Å². The van der Waals surface area contributed by atoms with Crippen molar-refractivity contribution in [3.05, 3.63) is 29.3 Å². The van der Waals surface area contributed by atoms with E-state index >= 15 is 0 Å². The summed E-state index contributed by atoms with van der Waals surface area (Å²) < 4.78 is 0. The molecule has 1 heterocycles. The summed E-state index contributed by atoms with van der Waals surface area (Å²) in [6.07, 6.45) is 0. The number of rotatable bonds is 2. The summed E-state index contributed by atoms with van der Waals surface area (Å²) in [5.74, 6) is 0. The van der Waals surface area contributed by atoms with Crippen LogP contribution >= 0.6 is 0 Å². The van der Waals surface area contributed by atoms with Crippen LogP contribution in [-0.4, -0.2) is 37.6 Å². The van der Waals surface area contributed by atoms with Crippen molar-refractivity contribution in [1.29, 1.82) is 5.26 Å². The van der Waals surface area contributed by atoms with Gasteiger partial charge in [-0.2, -0.15) is 5.26 Å². The molecule has 1 fully saturated rings. The first-order valence-corrected chi connectivity index (χ1v) is 6.12. The number of nitriles is 1. The maximum absolute atomic E-state index is 8.66. The first-order chi connectivity index (χ1) is 8.20. The molecule has 1 aliphatic heterocycles. The predicted molar refractivity (Wildman–Crippen MR) is 70.2 cm³/mol. The van der Waals surface area contributed by atoms with Crippen molar-refractivity contribution in [3.63, 3.8) is 0 Å². The summed E-state index contributed by atoms with van der Waals surface area (Å²) in [5, 5.41) is 8.66. The maximum atomic E-state index is 8.66. The molecule has 1 aromatic rings. The molecule has 0 unspecified atom stereocenters. The minimum Gasteiger partial charge on any atom is -0.369 e.